The van der Waals surface area contributed by atoms with Crippen LogP contribution in [0, 0.1) is 0 Å². The van der Waals surface area contributed by atoms with E-state index in [1.807, 2.05) is 0 Å². The fraction of sp³-hybridized carbons (Fsp3) is 0. The Balaban J connectivity index is 3.20. The topological polar surface area (TPSA) is 99.1 Å². The molecular formula is C2H3N3O3S. The first-order valence-corrected chi connectivity index (χ1v) is 3.45. The standard InChI is InChI=1S/C2H3N3O3S/c3-9(6,7)2-1-4-5-8-2/h1H,(H2,3,6,7). The van der Waals surface area contributed by atoms with Gasteiger partial charge in [-0.3, -0.25) is 0 Å². The highest BCUT2D eigenvalue weighted by Gasteiger charge is 2.11. The van der Waals surface area contributed by atoms with Crippen molar-refractivity contribution in [2.75, 3.05) is 0 Å². The molecule has 9 heavy (non-hydrogen) atoms. The first-order valence-electron chi connectivity index (χ1n) is 1.91. The molecule has 0 bridgehead atoms. The minimum atomic E-state index is -3.75. The maximum Gasteiger partial charge on any atom is 0.285 e. The molecule has 0 amide bonds. The van der Waals surface area contributed by atoms with E-state index in [9.17, 15) is 8.42 Å². The van der Waals surface area contributed by atoms with E-state index in [2.05, 4.69) is 20.0 Å². The van der Waals surface area contributed by atoms with Gasteiger partial charge in [-0.25, -0.2) is 13.6 Å². The smallest absolute Gasteiger partial charge is 0.285 e. The van der Waals surface area contributed by atoms with Gasteiger partial charge in [0.15, 0.2) is 0 Å². The highest BCUT2D eigenvalue weighted by molar-refractivity contribution is 7.89. The van der Waals surface area contributed by atoms with Gasteiger partial charge in [0.25, 0.3) is 15.1 Å². The summed E-state index contributed by atoms with van der Waals surface area (Å²) in [6.07, 6.45) is 0.926. The predicted molar refractivity (Wildman–Crippen MR) is 25.7 cm³/mol. The summed E-state index contributed by atoms with van der Waals surface area (Å²) in [5.74, 6) is 0. The van der Waals surface area contributed by atoms with Crippen LogP contribution in [-0.4, -0.2) is 18.8 Å². The largest absolute Gasteiger partial charge is 0.324 e. The zero-order valence-corrected chi connectivity index (χ0v) is 5.00. The fourth-order valence-corrected chi connectivity index (χ4v) is 0.615. The molecule has 0 aromatic carbocycles. The molecule has 0 aliphatic heterocycles. The van der Waals surface area contributed by atoms with Crippen LogP contribution in [0.1, 0.15) is 0 Å². The molecule has 0 fully saturated rings. The predicted octanol–water partition coefficient (Wildman–Crippen LogP) is -1.28. The van der Waals surface area contributed by atoms with Crippen molar-refractivity contribution in [3.05, 3.63) is 6.20 Å². The van der Waals surface area contributed by atoms with Gasteiger partial charge in [0.2, 0.25) is 0 Å². The van der Waals surface area contributed by atoms with Gasteiger partial charge in [-0.15, -0.1) is 5.10 Å². The van der Waals surface area contributed by atoms with Crippen molar-refractivity contribution in [3.63, 3.8) is 0 Å². The third-order valence-electron chi connectivity index (χ3n) is 0.622. The molecule has 6 nitrogen and oxygen atoms in total. The summed E-state index contributed by atoms with van der Waals surface area (Å²) >= 11 is 0. The second-order valence-corrected chi connectivity index (χ2v) is 2.77. The summed E-state index contributed by atoms with van der Waals surface area (Å²) < 4.78 is 24.7. The first kappa shape index (κ1) is 6.17. The number of rotatable bonds is 1. The maximum atomic E-state index is 10.3. The van der Waals surface area contributed by atoms with Crippen molar-refractivity contribution in [2.24, 2.45) is 5.14 Å². The third kappa shape index (κ3) is 1.24. The van der Waals surface area contributed by atoms with Crippen LogP contribution in [0.25, 0.3) is 0 Å². The molecule has 1 rings (SSSR count). The number of hydrogen-bond donors (Lipinski definition) is 1. The van der Waals surface area contributed by atoms with Crippen LogP contribution in [0.2, 0.25) is 0 Å². The Morgan fingerprint density at radius 2 is 2.33 bits per heavy atom. The molecule has 0 unspecified atom stereocenters. The van der Waals surface area contributed by atoms with Crippen molar-refractivity contribution < 1.29 is 12.9 Å². The lowest BCUT2D eigenvalue weighted by molar-refractivity contribution is 0.322. The number of nitrogens with zero attached hydrogens (tertiary/aromatic N) is 2. The summed E-state index contributed by atoms with van der Waals surface area (Å²) in [5, 5.41) is 10.2. The van der Waals surface area contributed by atoms with Crippen molar-refractivity contribution in [1.82, 2.24) is 10.4 Å². The molecule has 2 N–H and O–H groups in total. The Morgan fingerprint density at radius 3 is 2.56 bits per heavy atom. The SMILES string of the molecule is NS(=O)(=O)c1cnno1. The number of aromatic nitrogens is 2. The highest BCUT2D eigenvalue weighted by atomic mass is 32.2. The van der Waals surface area contributed by atoms with Crippen LogP contribution in [0.4, 0.5) is 0 Å². The molecule has 7 heteroatoms. The average Bonchev–Trinajstić information content (AvgIpc) is 2.08. The second-order valence-electron chi connectivity index (χ2n) is 1.28. The summed E-state index contributed by atoms with van der Waals surface area (Å²) in [6, 6.07) is 0. The summed E-state index contributed by atoms with van der Waals surface area (Å²) in [7, 11) is -3.75. The Bertz CT molecular complexity index is 274. The average molecular weight is 149 g/mol. The van der Waals surface area contributed by atoms with E-state index in [0.29, 0.717) is 0 Å². The van der Waals surface area contributed by atoms with Crippen LogP contribution in [0.5, 0.6) is 0 Å². The summed E-state index contributed by atoms with van der Waals surface area (Å²) in [4.78, 5) is 0. The minimum absolute atomic E-state index is 0.428. The molecule has 0 saturated heterocycles. The first-order chi connectivity index (χ1) is 4.11. The minimum Gasteiger partial charge on any atom is -0.324 e. The number of hydrogen-bond acceptors (Lipinski definition) is 5. The number of nitrogens with two attached hydrogens (primary N) is 1. The lowest BCUT2D eigenvalue weighted by Crippen LogP contribution is -2.10. The van der Waals surface area contributed by atoms with Crippen LogP contribution in [-0.2, 0) is 10.0 Å². The molecule has 50 valence electrons. The molecule has 0 aliphatic rings. The normalized spacial score (nSPS) is 11.7. The Hall–Kier alpha value is -0.950. The molecule has 0 aliphatic carbocycles. The van der Waals surface area contributed by atoms with Crippen molar-refractivity contribution >= 4 is 10.0 Å². The quantitative estimate of drug-likeness (QED) is 0.536. The van der Waals surface area contributed by atoms with Crippen molar-refractivity contribution in [1.29, 1.82) is 0 Å². The van der Waals surface area contributed by atoms with E-state index >= 15 is 0 Å². The van der Waals surface area contributed by atoms with Gasteiger partial charge < -0.3 is 4.52 Å². The molecule has 1 aromatic heterocycles. The van der Waals surface area contributed by atoms with E-state index in [1.54, 1.807) is 0 Å². The summed E-state index contributed by atoms with van der Waals surface area (Å²) in [6.45, 7) is 0. The zero-order valence-electron chi connectivity index (χ0n) is 4.18. The molecule has 0 spiro atoms. The van der Waals surface area contributed by atoms with Gasteiger partial charge in [0, 0.05) is 5.27 Å². The van der Waals surface area contributed by atoms with E-state index in [4.69, 9.17) is 0 Å². The maximum absolute atomic E-state index is 10.3. The molecule has 0 radical (unpaired) electrons. The van der Waals surface area contributed by atoms with E-state index in [-0.39, 0.29) is 0 Å². The number of primary sulfonamides is 1. The summed E-state index contributed by atoms with van der Waals surface area (Å²) in [5.41, 5.74) is 0. The van der Waals surface area contributed by atoms with Crippen LogP contribution in [0.3, 0.4) is 0 Å². The second kappa shape index (κ2) is 1.78. The van der Waals surface area contributed by atoms with E-state index in [0.717, 1.165) is 6.20 Å². The Labute approximate surface area is 50.7 Å². The molecule has 0 saturated carbocycles. The van der Waals surface area contributed by atoms with Gasteiger partial charge in [-0.1, -0.05) is 0 Å². The zero-order chi connectivity index (χ0) is 6.91. The van der Waals surface area contributed by atoms with Crippen molar-refractivity contribution in [3.8, 4) is 0 Å². The van der Waals surface area contributed by atoms with Crippen LogP contribution in [0.15, 0.2) is 15.8 Å². The molecule has 0 atom stereocenters. The molecule has 1 aromatic rings. The fourth-order valence-electron chi connectivity index (χ4n) is 0.283. The number of sulfonamides is 1. The molecule has 1 heterocycles. The van der Waals surface area contributed by atoms with E-state index in [1.165, 1.54) is 0 Å². The van der Waals surface area contributed by atoms with Crippen LogP contribution < -0.4 is 5.14 Å². The lowest BCUT2D eigenvalue weighted by Gasteiger charge is -1.82. The van der Waals surface area contributed by atoms with Gasteiger partial charge in [-0.2, -0.15) is 0 Å². The van der Waals surface area contributed by atoms with Crippen molar-refractivity contribution in [2.45, 2.75) is 5.09 Å². The van der Waals surface area contributed by atoms with Gasteiger partial charge in [0.1, 0.15) is 6.20 Å². The lowest BCUT2D eigenvalue weighted by atomic mass is 11.0. The third-order valence-corrected chi connectivity index (χ3v) is 1.36. The van der Waals surface area contributed by atoms with Crippen LogP contribution >= 0.6 is 0 Å². The monoisotopic (exact) mass is 149 g/mol. The highest BCUT2D eigenvalue weighted by Crippen LogP contribution is 1.98. The Morgan fingerprint density at radius 1 is 1.67 bits per heavy atom. The molecular weight excluding hydrogens is 146 g/mol. The Kier molecular flexibility index (Phi) is 1.22. The van der Waals surface area contributed by atoms with Gasteiger partial charge >= 0.3 is 0 Å². The van der Waals surface area contributed by atoms with Gasteiger partial charge in [-0.05, 0) is 0 Å². The van der Waals surface area contributed by atoms with E-state index < -0.39 is 15.1 Å². The van der Waals surface area contributed by atoms with Gasteiger partial charge in [0.05, 0.1) is 0 Å².